The largest absolute Gasteiger partial charge is 0.338 e. The number of hydrogen-bond donors (Lipinski definition) is 1. The zero-order chi connectivity index (χ0) is 13.9. The van der Waals surface area contributed by atoms with Crippen LogP contribution in [0.25, 0.3) is 0 Å². The Morgan fingerprint density at radius 1 is 1.26 bits per heavy atom. The molecule has 3 nitrogen and oxygen atoms in total. The molecular formula is C15H24N2OS. The number of carbonyl (C=O) groups excluding carboxylic acids is 1. The summed E-state index contributed by atoms with van der Waals surface area (Å²) in [5, 5.41) is 0. The zero-order valence-corrected chi connectivity index (χ0v) is 12.5. The standard InChI is InChI=1S/C15H24N2OS/c1-19-12-5-9-15(18)17(11-6-10-16)13-14-7-3-2-4-8-14/h2-4,7-8H,5-6,9-13,16H2,1H3. The maximum atomic E-state index is 12.2. The first-order valence-corrected chi connectivity index (χ1v) is 8.18. The molecule has 106 valence electrons. The van der Waals surface area contributed by atoms with Crippen LogP contribution in [0.15, 0.2) is 30.3 Å². The number of rotatable bonds is 9. The van der Waals surface area contributed by atoms with Gasteiger partial charge in [0.1, 0.15) is 0 Å². The lowest BCUT2D eigenvalue weighted by Gasteiger charge is -2.22. The van der Waals surface area contributed by atoms with E-state index in [1.807, 2.05) is 23.1 Å². The van der Waals surface area contributed by atoms with Gasteiger partial charge in [-0.25, -0.2) is 0 Å². The topological polar surface area (TPSA) is 46.3 Å². The Morgan fingerprint density at radius 2 is 2.00 bits per heavy atom. The lowest BCUT2D eigenvalue weighted by atomic mass is 10.2. The van der Waals surface area contributed by atoms with Crippen molar-refractivity contribution < 1.29 is 4.79 Å². The van der Waals surface area contributed by atoms with Crippen LogP contribution < -0.4 is 5.73 Å². The summed E-state index contributed by atoms with van der Waals surface area (Å²) in [6.07, 6.45) is 4.52. The predicted octanol–water partition coefficient (Wildman–Crippen LogP) is 2.51. The molecule has 0 aliphatic heterocycles. The van der Waals surface area contributed by atoms with E-state index in [2.05, 4.69) is 18.4 Å². The molecule has 0 bridgehead atoms. The average Bonchev–Trinajstić information content (AvgIpc) is 2.44. The number of benzene rings is 1. The van der Waals surface area contributed by atoms with Crippen LogP contribution >= 0.6 is 11.8 Å². The molecule has 1 rings (SSSR count). The van der Waals surface area contributed by atoms with E-state index in [1.165, 1.54) is 5.56 Å². The van der Waals surface area contributed by atoms with Crippen LogP contribution in [0, 0.1) is 0 Å². The summed E-state index contributed by atoms with van der Waals surface area (Å²) in [5.74, 6) is 1.29. The molecular weight excluding hydrogens is 256 g/mol. The third kappa shape index (κ3) is 6.64. The molecule has 0 aliphatic rings. The van der Waals surface area contributed by atoms with Gasteiger partial charge in [0.25, 0.3) is 0 Å². The summed E-state index contributed by atoms with van der Waals surface area (Å²) in [6, 6.07) is 10.1. The second-order valence-electron chi connectivity index (χ2n) is 4.54. The first-order chi connectivity index (χ1) is 9.27. The van der Waals surface area contributed by atoms with E-state index in [-0.39, 0.29) is 5.91 Å². The molecule has 1 amide bonds. The summed E-state index contributed by atoms with van der Waals surface area (Å²) >= 11 is 1.79. The summed E-state index contributed by atoms with van der Waals surface area (Å²) in [5.41, 5.74) is 6.73. The van der Waals surface area contributed by atoms with Crippen molar-refractivity contribution in [1.82, 2.24) is 4.90 Å². The van der Waals surface area contributed by atoms with Gasteiger partial charge in [-0.05, 0) is 37.0 Å². The second kappa shape index (κ2) is 9.87. The first kappa shape index (κ1) is 16.1. The highest BCUT2D eigenvalue weighted by Crippen LogP contribution is 2.09. The van der Waals surface area contributed by atoms with Crippen molar-refractivity contribution in [1.29, 1.82) is 0 Å². The smallest absolute Gasteiger partial charge is 0.222 e. The van der Waals surface area contributed by atoms with E-state index in [0.717, 1.165) is 25.1 Å². The van der Waals surface area contributed by atoms with Crippen molar-refractivity contribution in [3.8, 4) is 0 Å². The highest BCUT2D eigenvalue weighted by atomic mass is 32.2. The Morgan fingerprint density at radius 3 is 2.63 bits per heavy atom. The van der Waals surface area contributed by atoms with Gasteiger partial charge in [-0.3, -0.25) is 4.79 Å². The molecule has 0 fully saturated rings. The minimum absolute atomic E-state index is 0.242. The Hall–Kier alpha value is -1.00. The second-order valence-corrected chi connectivity index (χ2v) is 5.53. The van der Waals surface area contributed by atoms with Crippen LogP contribution in [-0.4, -0.2) is 35.9 Å². The van der Waals surface area contributed by atoms with Gasteiger partial charge in [0.05, 0.1) is 0 Å². The molecule has 19 heavy (non-hydrogen) atoms. The van der Waals surface area contributed by atoms with E-state index >= 15 is 0 Å². The third-order valence-electron chi connectivity index (χ3n) is 2.94. The van der Waals surface area contributed by atoms with Crippen molar-refractivity contribution in [3.05, 3.63) is 35.9 Å². The summed E-state index contributed by atoms with van der Waals surface area (Å²) in [4.78, 5) is 14.1. The average molecular weight is 280 g/mol. The van der Waals surface area contributed by atoms with Crippen molar-refractivity contribution in [2.45, 2.75) is 25.8 Å². The quantitative estimate of drug-likeness (QED) is 0.707. The van der Waals surface area contributed by atoms with Gasteiger partial charge < -0.3 is 10.6 Å². The van der Waals surface area contributed by atoms with Gasteiger partial charge in [-0.15, -0.1) is 0 Å². The fourth-order valence-electron chi connectivity index (χ4n) is 1.90. The Kier molecular flexibility index (Phi) is 8.34. The summed E-state index contributed by atoms with van der Waals surface area (Å²) < 4.78 is 0. The maximum absolute atomic E-state index is 12.2. The van der Waals surface area contributed by atoms with Crippen molar-refractivity contribution >= 4 is 17.7 Å². The molecule has 0 saturated heterocycles. The molecule has 0 heterocycles. The number of nitrogens with zero attached hydrogens (tertiary/aromatic N) is 1. The molecule has 2 N–H and O–H groups in total. The van der Waals surface area contributed by atoms with Crippen LogP contribution in [0.2, 0.25) is 0 Å². The lowest BCUT2D eigenvalue weighted by Crippen LogP contribution is -2.32. The monoisotopic (exact) mass is 280 g/mol. The van der Waals surface area contributed by atoms with E-state index in [9.17, 15) is 4.79 Å². The number of nitrogens with two attached hydrogens (primary N) is 1. The first-order valence-electron chi connectivity index (χ1n) is 6.78. The van der Waals surface area contributed by atoms with E-state index in [0.29, 0.717) is 19.5 Å². The highest BCUT2D eigenvalue weighted by molar-refractivity contribution is 7.98. The van der Waals surface area contributed by atoms with Crippen LogP contribution in [0.5, 0.6) is 0 Å². The number of thioether (sulfide) groups is 1. The third-order valence-corrected chi connectivity index (χ3v) is 3.64. The van der Waals surface area contributed by atoms with Gasteiger partial charge in [0, 0.05) is 19.5 Å². The minimum Gasteiger partial charge on any atom is -0.338 e. The fourth-order valence-corrected chi connectivity index (χ4v) is 2.34. The summed E-state index contributed by atoms with van der Waals surface area (Å²) in [6.45, 7) is 2.08. The van der Waals surface area contributed by atoms with Gasteiger partial charge in [0.15, 0.2) is 0 Å². The normalized spacial score (nSPS) is 10.4. The summed E-state index contributed by atoms with van der Waals surface area (Å²) in [7, 11) is 0. The molecule has 1 aromatic rings. The van der Waals surface area contributed by atoms with E-state index in [1.54, 1.807) is 11.8 Å². The molecule has 0 aliphatic carbocycles. The molecule has 1 aromatic carbocycles. The SMILES string of the molecule is CSCCCC(=O)N(CCCN)Cc1ccccc1. The highest BCUT2D eigenvalue weighted by Gasteiger charge is 2.12. The molecule has 0 unspecified atom stereocenters. The zero-order valence-electron chi connectivity index (χ0n) is 11.7. The number of carbonyl (C=O) groups is 1. The van der Waals surface area contributed by atoms with Crippen LogP contribution in [-0.2, 0) is 11.3 Å². The minimum atomic E-state index is 0.242. The maximum Gasteiger partial charge on any atom is 0.222 e. The van der Waals surface area contributed by atoms with Crippen LogP contribution in [0.3, 0.4) is 0 Å². The molecule has 0 saturated carbocycles. The number of hydrogen-bond acceptors (Lipinski definition) is 3. The Bertz CT molecular complexity index is 356. The lowest BCUT2D eigenvalue weighted by molar-refractivity contribution is -0.131. The van der Waals surface area contributed by atoms with Gasteiger partial charge in [-0.2, -0.15) is 11.8 Å². The molecule has 0 spiro atoms. The van der Waals surface area contributed by atoms with E-state index < -0.39 is 0 Å². The van der Waals surface area contributed by atoms with Crippen LogP contribution in [0.4, 0.5) is 0 Å². The Labute approximate surface area is 120 Å². The molecule has 4 heteroatoms. The van der Waals surface area contributed by atoms with Crippen molar-refractivity contribution in [2.24, 2.45) is 5.73 Å². The molecule has 0 aromatic heterocycles. The van der Waals surface area contributed by atoms with Crippen LogP contribution in [0.1, 0.15) is 24.8 Å². The van der Waals surface area contributed by atoms with Gasteiger partial charge >= 0.3 is 0 Å². The Balaban J connectivity index is 2.53. The van der Waals surface area contributed by atoms with Crippen molar-refractivity contribution in [3.63, 3.8) is 0 Å². The fraction of sp³-hybridized carbons (Fsp3) is 0.533. The predicted molar refractivity (Wildman–Crippen MR) is 83.1 cm³/mol. The van der Waals surface area contributed by atoms with Crippen molar-refractivity contribution in [2.75, 3.05) is 25.1 Å². The molecule has 0 atom stereocenters. The molecule has 0 radical (unpaired) electrons. The number of amides is 1. The van der Waals surface area contributed by atoms with E-state index in [4.69, 9.17) is 5.73 Å². The van der Waals surface area contributed by atoms with Gasteiger partial charge in [-0.1, -0.05) is 30.3 Å². The van der Waals surface area contributed by atoms with Gasteiger partial charge in [0.2, 0.25) is 5.91 Å².